The Balaban J connectivity index is 1.99. The van der Waals surface area contributed by atoms with Crippen LogP contribution in [-0.4, -0.2) is 55.2 Å². The zero-order valence-electron chi connectivity index (χ0n) is 14.6. The summed E-state index contributed by atoms with van der Waals surface area (Å²) in [6, 6.07) is 8.92. The molecule has 7 heteroatoms. The first-order valence-electron chi connectivity index (χ1n) is 8.24. The summed E-state index contributed by atoms with van der Waals surface area (Å²) in [7, 11) is 1.34. The molecule has 3 rings (SSSR count). The molecule has 6 nitrogen and oxygen atoms in total. The number of nitrogens with zero attached hydrogens (tertiary/aromatic N) is 2. The van der Waals surface area contributed by atoms with Gasteiger partial charge in [-0.05, 0) is 46.6 Å². The van der Waals surface area contributed by atoms with Crippen molar-refractivity contribution < 1.29 is 19.1 Å². The van der Waals surface area contributed by atoms with E-state index in [1.165, 1.54) is 7.11 Å². The van der Waals surface area contributed by atoms with Crippen LogP contribution >= 0.6 is 15.9 Å². The molecule has 0 spiro atoms. The van der Waals surface area contributed by atoms with Crippen LogP contribution in [0.5, 0.6) is 0 Å². The predicted molar refractivity (Wildman–Crippen MR) is 100 cm³/mol. The van der Waals surface area contributed by atoms with Gasteiger partial charge in [0.2, 0.25) is 0 Å². The van der Waals surface area contributed by atoms with Gasteiger partial charge in [0.05, 0.1) is 31.6 Å². The van der Waals surface area contributed by atoms with E-state index in [2.05, 4.69) is 20.9 Å². The summed E-state index contributed by atoms with van der Waals surface area (Å²) in [5.74, 6) is -0.455. The van der Waals surface area contributed by atoms with Crippen molar-refractivity contribution in [2.45, 2.75) is 6.92 Å². The summed E-state index contributed by atoms with van der Waals surface area (Å²) in [5.41, 5.74) is 3.14. The number of hydrogen-bond donors (Lipinski definition) is 0. The third kappa shape index (κ3) is 3.78. The van der Waals surface area contributed by atoms with Crippen LogP contribution in [0.15, 0.2) is 34.9 Å². The number of amides is 1. The number of halogens is 1. The maximum Gasteiger partial charge on any atom is 0.338 e. The Morgan fingerprint density at radius 2 is 1.96 bits per heavy atom. The second-order valence-corrected chi connectivity index (χ2v) is 6.76. The van der Waals surface area contributed by atoms with Crippen molar-refractivity contribution in [1.29, 1.82) is 0 Å². The zero-order chi connectivity index (χ0) is 18.7. The van der Waals surface area contributed by atoms with Crippen molar-refractivity contribution in [3.63, 3.8) is 0 Å². The number of carbonyl (C=O) groups excluding carboxylic acids is 2. The minimum absolute atomic E-state index is 0.0315. The molecule has 0 radical (unpaired) electrons. The molecule has 1 fully saturated rings. The smallest absolute Gasteiger partial charge is 0.338 e. The van der Waals surface area contributed by atoms with Crippen LogP contribution in [-0.2, 0) is 9.47 Å². The van der Waals surface area contributed by atoms with Gasteiger partial charge in [-0.25, -0.2) is 9.78 Å². The number of aromatic nitrogens is 1. The zero-order valence-corrected chi connectivity index (χ0v) is 16.2. The van der Waals surface area contributed by atoms with Gasteiger partial charge in [-0.1, -0.05) is 12.1 Å². The molecular formula is C19H19BrN2O4. The molecule has 136 valence electrons. The topological polar surface area (TPSA) is 68.7 Å². The number of benzene rings is 1. The molecule has 1 aromatic heterocycles. The summed E-state index contributed by atoms with van der Waals surface area (Å²) >= 11 is 3.34. The number of morpholine rings is 1. The lowest BCUT2D eigenvalue weighted by Crippen LogP contribution is -2.40. The predicted octanol–water partition coefficient (Wildman–Crippen LogP) is 3.08. The van der Waals surface area contributed by atoms with Gasteiger partial charge in [-0.3, -0.25) is 4.79 Å². The van der Waals surface area contributed by atoms with Crippen molar-refractivity contribution in [2.75, 3.05) is 33.4 Å². The van der Waals surface area contributed by atoms with Crippen molar-refractivity contribution in [1.82, 2.24) is 9.88 Å². The van der Waals surface area contributed by atoms with E-state index in [-0.39, 0.29) is 5.91 Å². The number of ether oxygens (including phenoxy) is 2. The second kappa shape index (κ2) is 7.97. The molecular weight excluding hydrogens is 400 g/mol. The number of rotatable bonds is 3. The number of carbonyl (C=O) groups is 2. The maximum atomic E-state index is 12.7. The average molecular weight is 419 g/mol. The molecule has 0 aliphatic carbocycles. The maximum absolute atomic E-state index is 12.7. The van der Waals surface area contributed by atoms with Crippen LogP contribution in [0.3, 0.4) is 0 Å². The first kappa shape index (κ1) is 18.5. The Morgan fingerprint density at radius 1 is 1.23 bits per heavy atom. The fraction of sp³-hybridized carbons (Fsp3) is 0.316. The van der Waals surface area contributed by atoms with Gasteiger partial charge in [-0.2, -0.15) is 0 Å². The van der Waals surface area contributed by atoms with E-state index in [0.29, 0.717) is 53.3 Å². The molecule has 1 aliphatic rings. The first-order chi connectivity index (χ1) is 12.5. The molecule has 0 bridgehead atoms. The van der Waals surface area contributed by atoms with Crippen LogP contribution < -0.4 is 0 Å². The van der Waals surface area contributed by atoms with Gasteiger partial charge in [-0.15, -0.1) is 0 Å². The lowest BCUT2D eigenvalue weighted by molar-refractivity contribution is 0.0303. The van der Waals surface area contributed by atoms with E-state index in [9.17, 15) is 9.59 Å². The van der Waals surface area contributed by atoms with Gasteiger partial charge < -0.3 is 14.4 Å². The third-order valence-corrected chi connectivity index (χ3v) is 4.73. The number of methoxy groups -OCH3 is 1. The molecule has 2 heterocycles. The summed E-state index contributed by atoms with van der Waals surface area (Å²) in [6.07, 6.45) is 0. The number of esters is 1. The molecule has 1 aromatic carbocycles. The molecule has 0 unspecified atom stereocenters. The Hall–Kier alpha value is -2.25. The summed E-state index contributed by atoms with van der Waals surface area (Å²) in [5, 5.41) is 0. The van der Waals surface area contributed by atoms with E-state index in [0.717, 1.165) is 5.56 Å². The Bertz CT molecular complexity index is 847. The SMILES string of the molecule is COC(=O)c1cc(Br)nc(-c2cccc(C(=O)N3CCOCC3)c2)c1C. The van der Waals surface area contributed by atoms with Gasteiger partial charge in [0.1, 0.15) is 4.60 Å². The summed E-state index contributed by atoms with van der Waals surface area (Å²) < 4.78 is 10.7. The van der Waals surface area contributed by atoms with Gasteiger partial charge in [0, 0.05) is 24.2 Å². The molecule has 26 heavy (non-hydrogen) atoms. The molecule has 0 atom stereocenters. The van der Waals surface area contributed by atoms with E-state index >= 15 is 0 Å². The first-order valence-corrected chi connectivity index (χ1v) is 9.03. The Kier molecular flexibility index (Phi) is 5.68. The fourth-order valence-electron chi connectivity index (χ4n) is 2.93. The van der Waals surface area contributed by atoms with Crippen LogP contribution in [0.1, 0.15) is 26.3 Å². The lowest BCUT2D eigenvalue weighted by Gasteiger charge is -2.27. The van der Waals surface area contributed by atoms with Crippen molar-refractivity contribution in [3.8, 4) is 11.3 Å². The normalized spacial score (nSPS) is 14.2. The average Bonchev–Trinajstić information content (AvgIpc) is 2.69. The van der Waals surface area contributed by atoms with Gasteiger partial charge >= 0.3 is 5.97 Å². The minimum atomic E-state index is -0.424. The quantitative estimate of drug-likeness (QED) is 0.565. The highest BCUT2D eigenvalue weighted by atomic mass is 79.9. The number of hydrogen-bond acceptors (Lipinski definition) is 5. The van der Waals surface area contributed by atoms with Gasteiger partial charge in [0.15, 0.2) is 0 Å². The Labute approximate surface area is 160 Å². The Morgan fingerprint density at radius 3 is 2.65 bits per heavy atom. The largest absolute Gasteiger partial charge is 0.465 e. The van der Waals surface area contributed by atoms with Gasteiger partial charge in [0.25, 0.3) is 5.91 Å². The van der Waals surface area contributed by atoms with Crippen molar-refractivity contribution in [2.24, 2.45) is 0 Å². The molecule has 1 amide bonds. The highest BCUT2D eigenvalue weighted by molar-refractivity contribution is 9.10. The lowest BCUT2D eigenvalue weighted by atomic mass is 10.0. The monoisotopic (exact) mass is 418 g/mol. The highest BCUT2D eigenvalue weighted by Crippen LogP contribution is 2.28. The van der Waals surface area contributed by atoms with Crippen LogP contribution in [0.2, 0.25) is 0 Å². The molecule has 0 saturated carbocycles. The minimum Gasteiger partial charge on any atom is -0.465 e. The van der Waals surface area contributed by atoms with Crippen LogP contribution in [0, 0.1) is 6.92 Å². The molecule has 2 aromatic rings. The molecule has 1 saturated heterocycles. The van der Waals surface area contributed by atoms with Crippen molar-refractivity contribution in [3.05, 3.63) is 51.6 Å². The van der Waals surface area contributed by atoms with E-state index in [4.69, 9.17) is 9.47 Å². The van der Waals surface area contributed by atoms with E-state index in [1.54, 1.807) is 23.1 Å². The molecule has 0 N–H and O–H groups in total. The van der Waals surface area contributed by atoms with Crippen LogP contribution in [0.4, 0.5) is 0 Å². The standard InChI is InChI=1S/C19H19BrN2O4/c1-12-15(19(24)25-2)11-16(20)21-17(12)13-4-3-5-14(10-13)18(23)22-6-8-26-9-7-22/h3-5,10-11H,6-9H2,1-2H3. The highest BCUT2D eigenvalue weighted by Gasteiger charge is 2.20. The van der Waals surface area contributed by atoms with Crippen molar-refractivity contribution >= 4 is 27.8 Å². The van der Waals surface area contributed by atoms with E-state index < -0.39 is 5.97 Å². The third-order valence-electron chi connectivity index (χ3n) is 4.33. The summed E-state index contributed by atoms with van der Waals surface area (Å²) in [4.78, 5) is 31.0. The summed E-state index contributed by atoms with van der Waals surface area (Å²) in [6.45, 7) is 4.10. The second-order valence-electron chi connectivity index (χ2n) is 5.94. The van der Waals surface area contributed by atoms with E-state index in [1.807, 2.05) is 19.1 Å². The molecule has 1 aliphatic heterocycles. The van der Waals surface area contributed by atoms with Crippen LogP contribution in [0.25, 0.3) is 11.3 Å². The number of pyridine rings is 1. The fourth-order valence-corrected chi connectivity index (χ4v) is 3.34.